The third-order valence-corrected chi connectivity index (χ3v) is 9.53. The summed E-state index contributed by atoms with van der Waals surface area (Å²) in [6.07, 6.45) is 7.59. The lowest BCUT2D eigenvalue weighted by atomic mass is 10.1. The maximum absolute atomic E-state index is 14.2. The largest absolute Gasteiger partial charge is 0.488 e. The number of aliphatic carboxylic acids is 1. The van der Waals surface area contributed by atoms with Gasteiger partial charge in [-0.05, 0) is 43.4 Å². The molecule has 49 heavy (non-hydrogen) atoms. The molecule has 11 nitrogen and oxygen atoms in total. The van der Waals surface area contributed by atoms with Crippen LogP contribution in [0.15, 0.2) is 73.3 Å². The number of rotatable bonds is 8. The molecule has 0 radical (unpaired) electrons. The van der Waals surface area contributed by atoms with Crippen LogP contribution in [0.5, 0.6) is 5.75 Å². The molecular formula is C38H42N4O7. The lowest BCUT2D eigenvalue weighted by Gasteiger charge is -2.29. The third-order valence-electron chi connectivity index (χ3n) is 9.53. The average molecular weight is 667 g/mol. The van der Waals surface area contributed by atoms with Crippen LogP contribution in [0.1, 0.15) is 57.4 Å². The van der Waals surface area contributed by atoms with Gasteiger partial charge in [0, 0.05) is 29.4 Å². The van der Waals surface area contributed by atoms with Crippen molar-refractivity contribution in [2.45, 2.75) is 75.6 Å². The number of carboxylic acids is 1. The zero-order valence-corrected chi connectivity index (χ0v) is 27.6. The molecule has 3 aliphatic rings. The summed E-state index contributed by atoms with van der Waals surface area (Å²) in [5.41, 5.74) is 1.81. The number of hydrogen-bond donors (Lipinski definition) is 3. The van der Waals surface area contributed by atoms with E-state index in [-0.39, 0.29) is 26.0 Å². The van der Waals surface area contributed by atoms with Gasteiger partial charge in [0.05, 0.1) is 24.4 Å². The highest BCUT2D eigenvalue weighted by Gasteiger charge is 2.61. The Morgan fingerprint density at radius 2 is 2.00 bits per heavy atom. The van der Waals surface area contributed by atoms with Crippen molar-refractivity contribution in [2.24, 2.45) is 5.92 Å². The van der Waals surface area contributed by atoms with Gasteiger partial charge in [0.15, 0.2) is 0 Å². The number of hydrogen-bond acceptors (Lipinski definition) is 7. The fourth-order valence-corrected chi connectivity index (χ4v) is 6.68. The lowest BCUT2D eigenvalue weighted by molar-refractivity contribution is -0.145. The number of ether oxygens (including phenoxy) is 2. The summed E-state index contributed by atoms with van der Waals surface area (Å²) in [5, 5.41) is 16.2. The Bertz CT molecular complexity index is 1780. The molecule has 2 aliphatic heterocycles. The number of amides is 3. The predicted octanol–water partition coefficient (Wildman–Crippen LogP) is 5.49. The van der Waals surface area contributed by atoms with Crippen LogP contribution in [0.25, 0.3) is 28.2 Å². The number of benzene rings is 2. The van der Waals surface area contributed by atoms with Crippen molar-refractivity contribution in [3.05, 3.63) is 78.9 Å². The minimum atomic E-state index is -1.47. The number of cyclic esters (lactones) is 1. The molecule has 1 aromatic heterocycles. The summed E-state index contributed by atoms with van der Waals surface area (Å²) in [5.74, 6) is -2.07. The monoisotopic (exact) mass is 666 g/mol. The van der Waals surface area contributed by atoms with Gasteiger partial charge in [-0.3, -0.25) is 9.59 Å². The highest BCUT2D eigenvalue weighted by molar-refractivity contribution is 5.96. The van der Waals surface area contributed by atoms with Gasteiger partial charge in [-0.15, -0.1) is 6.58 Å². The second kappa shape index (κ2) is 14.5. The zero-order valence-electron chi connectivity index (χ0n) is 27.6. The molecule has 3 heterocycles. The second-order valence-corrected chi connectivity index (χ2v) is 13.0. The molecule has 2 fully saturated rings. The number of alkyl carbamates (subject to hydrolysis) is 1. The standard InChI is InChI=1S/C38H42N4O7/c1-3-5-15-30-35(44)42-23-27(20-32(42)34(43)41-38(36(45)46)22-26(38)4-2)49-33-21-31(25-13-9-6-10-14-25)39-29-17-16-24(19-28(29)33)12-8-7-11-18-48-37(47)40-30/h4,6,8-10,12-14,16-17,19,21,26-27,30,32H,2-3,5,7,11,15,18,20,22-23H2,1H3,(H,40,47)(H,41,43)(H,45,46)/b12-8+/t26-,27-,30+,32+,38-/m1/s1. The van der Waals surface area contributed by atoms with Crippen LogP contribution in [0.2, 0.25) is 0 Å². The molecule has 1 aliphatic carbocycles. The minimum Gasteiger partial charge on any atom is -0.488 e. The van der Waals surface area contributed by atoms with Crippen LogP contribution in [-0.4, -0.2) is 75.7 Å². The number of unbranched alkanes of at least 4 members (excludes halogenated alkanes) is 1. The molecule has 3 amide bonds. The van der Waals surface area contributed by atoms with Crippen LogP contribution < -0.4 is 15.4 Å². The first-order chi connectivity index (χ1) is 23.7. The summed E-state index contributed by atoms with van der Waals surface area (Å²) in [7, 11) is 0. The van der Waals surface area contributed by atoms with E-state index in [0.29, 0.717) is 37.1 Å². The molecular weight excluding hydrogens is 624 g/mol. The fraction of sp³-hybridized carbons (Fsp3) is 0.395. The molecule has 0 spiro atoms. The first-order valence-electron chi connectivity index (χ1n) is 17.0. The van der Waals surface area contributed by atoms with Gasteiger partial charge in [-0.2, -0.15) is 0 Å². The summed E-state index contributed by atoms with van der Waals surface area (Å²) in [6, 6.07) is 15.6. The quantitative estimate of drug-likeness (QED) is 0.268. The van der Waals surface area contributed by atoms with Crippen molar-refractivity contribution in [1.82, 2.24) is 20.5 Å². The van der Waals surface area contributed by atoms with Gasteiger partial charge in [0.1, 0.15) is 29.5 Å². The second-order valence-electron chi connectivity index (χ2n) is 13.0. The van der Waals surface area contributed by atoms with Crippen LogP contribution in [-0.2, 0) is 19.1 Å². The van der Waals surface area contributed by atoms with E-state index in [4.69, 9.17) is 14.5 Å². The lowest BCUT2D eigenvalue weighted by Crippen LogP contribution is -2.56. The van der Waals surface area contributed by atoms with Crippen LogP contribution in [0, 0.1) is 5.92 Å². The highest BCUT2D eigenvalue weighted by Crippen LogP contribution is 2.45. The van der Waals surface area contributed by atoms with Gasteiger partial charge < -0.3 is 30.1 Å². The van der Waals surface area contributed by atoms with Crippen LogP contribution in [0.4, 0.5) is 4.79 Å². The molecule has 5 atom stereocenters. The van der Waals surface area contributed by atoms with E-state index in [9.17, 15) is 24.3 Å². The summed E-state index contributed by atoms with van der Waals surface area (Å²) in [4.78, 5) is 59.6. The van der Waals surface area contributed by atoms with E-state index in [1.165, 1.54) is 11.0 Å². The molecule has 11 heteroatoms. The van der Waals surface area contributed by atoms with E-state index in [1.807, 2.05) is 73.7 Å². The molecule has 2 aromatic carbocycles. The first kappa shape index (κ1) is 33.7. The van der Waals surface area contributed by atoms with Gasteiger partial charge in [0.25, 0.3) is 0 Å². The van der Waals surface area contributed by atoms with Crippen molar-refractivity contribution in [2.75, 3.05) is 13.2 Å². The number of pyridine rings is 1. The minimum absolute atomic E-state index is 0.0469. The van der Waals surface area contributed by atoms with Crippen molar-refractivity contribution < 1.29 is 33.8 Å². The topological polar surface area (TPSA) is 147 Å². The van der Waals surface area contributed by atoms with Gasteiger partial charge in [-0.1, -0.05) is 74.4 Å². The number of carbonyl (C=O) groups excluding carboxylic acids is 3. The molecule has 1 saturated heterocycles. The number of allylic oxidation sites excluding steroid dienone is 1. The average Bonchev–Trinajstić information content (AvgIpc) is 3.67. The van der Waals surface area contributed by atoms with E-state index >= 15 is 0 Å². The number of nitrogens with zero attached hydrogens (tertiary/aromatic N) is 2. The third kappa shape index (κ3) is 7.30. The molecule has 6 rings (SSSR count). The van der Waals surface area contributed by atoms with Crippen molar-refractivity contribution in [3.8, 4) is 17.0 Å². The maximum atomic E-state index is 14.2. The molecule has 256 valence electrons. The van der Waals surface area contributed by atoms with Gasteiger partial charge in [0.2, 0.25) is 11.8 Å². The first-order valence-corrected chi connectivity index (χ1v) is 17.0. The fourth-order valence-electron chi connectivity index (χ4n) is 6.68. The Morgan fingerprint density at radius 3 is 2.73 bits per heavy atom. The summed E-state index contributed by atoms with van der Waals surface area (Å²) in [6.45, 7) is 5.92. The van der Waals surface area contributed by atoms with Gasteiger partial charge >= 0.3 is 12.1 Å². The number of carbonyl (C=O) groups is 4. The van der Waals surface area contributed by atoms with Crippen molar-refractivity contribution >= 4 is 40.9 Å². The normalized spacial score (nSPS) is 26.1. The molecule has 4 bridgehead atoms. The SMILES string of the molecule is C=C[C@@H]1C[C@]1(NC(=O)[C@@H]1C[C@@H]2CN1C(=O)[C@H](CCCC)NC(=O)OCCC/C=C/c1ccc3nc(-c4ccccc4)cc(c3c1)O2)C(=O)O. The van der Waals surface area contributed by atoms with E-state index in [1.54, 1.807) is 0 Å². The highest BCUT2D eigenvalue weighted by atomic mass is 16.5. The van der Waals surface area contributed by atoms with E-state index in [0.717, 1.165) is 28.5 Å². The van der Waals surface area contributed by atoms with Gasteiger partial charge in [-0.25, -0.2) is 14.6 Å². The van der Waals surface area contributed by atoms with Crippen LogP contribution >= 0.6 is 0 Å². The zero-order chi connectivity index (χ0) is 34.5. The summed E-state index contributed by atoms with van der Waals surface area (Å²) < 4.78 is 12.1. The Hall–Kier alpha value is -5.19. The predicted molar refractivity (Wildman–Crippen MR) is 185 cm³/mol. The summed E-state index contributed by atoms with van der Waals surface area (Å²) >= 11 is 0. The molecule has 0 unspecified atom stereocenters. The Kier molecular flexibility index (Phi) is 9.98. The number of nitrogens with one attached hydrogen (secondary N) is 2. The Labute approximate surface area is 285 Å². The molecule has 3 N–H and O–H groups in total. The number of carboxylic acid groups (broad SMARTS) is 1. The number of fused-ring (bicyclic) bond motifs is 3. The maximum Gasteiger partial charge on any atom is 0.407 e. The molecule has 1 saturated carbocycles. The van der Waals surface area contributed by atoms with Crippen molar-refractivity contribution in [3.63, 3.8) is 0 Å². The number of aromatic nitrogens is 1. The Balaban J connectivity index is 1.39. The Morgan fingerprint density at radius 1 is 1.18 bits per heavy atom. The van der Waals surface area contributed by atoms with E-state index in [2.05, 4.69) is 17.2 Å². The smallest absolute Gasteiger partial charge is 0.407 e. The van der Waals surface area contributed by atoms with E-state index < -0.39 is 53.5 Å². The van der Waals surface area contributed by atoms with Crippen molar-refractivity contribution in [1.29, 1.82) is 0 Å². The van der Waals surface area contributed by atoms with Crippen LogP contribution in [0.3, 0.4) is 0 Å². The molecule has 3 aromatic rings.